The van der Waals surface area contributed by atoms with Crippen LogP contribution in [-0.2, 0) is 6.42 Å². The van der Waals surface area contributed by atoms with Crippen molar-refractivity contribution >= 4 is 17.2 Å². The summed E-state index contributed by atoms with van der Waals surface area (Å²) < 4.78 is 0. The molecule has 0 saturated carbocycles. The van der Waals surface area contributed by atoms with E-state index in [-0.39, 0.29) is 0 Å². The molecule has 0 aliphatic heterocycles. The summed E-state index contributed by atoms with van der Waals surface area (Å²) in [7, 11) is 0. The SMILES string of the molecule is CCc1cccnc1-c1nc(N)c(C)s1. The lowest BCUT2D eigenvalue weighted by Gasteiger charge is -2.01. The minimum atomic E-state index is 0.614. The zero-order chi connectivity index (χ0) is 10.8. The molecular weight excluding hydrogens is 206 g/mol. The van der Waals surface area contributed by atoms with Crippen LogP contribution in [0, 0.1) is 6.92 Å². The van der Waals surface area contributed by atoms with Gasteiger partial charge in [0.1, 0.15) is 16.5 Å². The zero-order valence-electron chi connectivity index (χ0n) is 8.82. The molecular formula is C11H13N3S. The highest BCUT2D eigenvalue weighted by molar-refractivity contribution is 7.15. The molecule has 4 heteroatoms. The van der Waals surface area contributed by atoms with E-state index in [9.17, 15) is 0 Å². The van der Waals surface area contributed by atoms with E-state index in [1.54, 1.807) is 17.5 Å². The maximum absolute atomic E-state index is 5.74. The van der Waals surface area contributed by atoms with Crippen molar-refractivity contribution in [2.45, 2.75) is 20.3 Å². The second kappa shape index (κ2) is 3.98. The Balaban J connectivity index is 2.53. The van der Waals surface area contributed by atoms with E-state index in [4.69, 9.17) is 5.73 Å². The highest BCUT2D eigenvalue weighted by Gasteiger charge is 2.10. The summed E-state index contributed by atoms with van der Waals surface area (Å²) in [5.74, 6) is 0.614. The summed E-state index contributed by atoms with van der Waals surface area (Å²) in [5, 5.41) is 0.919. The summed E-state index contributed by atoms with van der Waals surface area (Å²) in [5.41, 5.74) is 7.92. The monoisotopic (exact) mass is 219 g/mol. The maximum Gasteiger partial charge on any atom is 0.144 e. The number of nitrogens with two attached hydrogens (primary N) is 1. The molecule has 2 heterocycles. The number of nitrogen functional groups attached to an aromatic ring is 1. The van der Waals surface area contributed by atoms with Gasteiger partial charge >= 0.3 is 0 Å². The smallest absolute Gasteiger partial charge is 0.144 e. The van der Waals surface area contributed by atoms with Gasteiger partial charge in [-0.1, -0.05) is 13.0 Å². The van der Waals surface area contributed by atoms with Crippen molar-refractivity contribution in [3.05, 3.63) is 28.8 Å². The minimum absolute atomic E-state index is 0.614. The van der Waals surface area contributed by atoms with Gasteiger partial charge in [0, 0.05) is 11.1 Å². The van der Waals surface area contributed by atoms with Crippen molar-refractivity contribution in [2.75, 3.05) is 5.73 Å². The van der Waals surface area contributed by atoms with Crippen LogP contribution in [0.1, 0.15) is 17.4 Å². The van der Waals surface area contributed by atoms with Gasteiger partial charge in [0.2, 0.25) is 0 Å². The van der Waals surface area contributed by atoms with Crippen LogP contribution in [-0.4, -0.2) is 9.97 Å². The van der Waals surface area contributed by atoms with E-state index >= 15 is 0 Å². The Morgan fingerprint density at radius 1 is 1.47 bits per heavy atom. The molecule has 0 aliphatic rings. The molecule has 0 bridgehead atoms. The van der Waals surface area contributed by atoms with E-state index in [1.807, 2.05) is 13.0 Å². The second-order valence-corrected chi connectivity index (χ2v) is 4.53. The standard InChI is InChI=1S/C11H13N3S/c1-3-8-5-4-6-13-9(8)11-14-10(12)7(2)15-11/h4-6H,3,12H2,1-2H3. The molecule has 78 valence electrons. The van der Waals surface area contributed by atoms with Gasteiger partial charge in [-0.3, -0.25) is 4.98 Å². The summed E-state index contributed by atoms with van der Waals surface area (Å²) in [6, 6.07) is 4.03. The molecule has 2 aromatic rings. The quantitative estimate of drug-likeness (QED) is 0.844. The van der Waals surface area contributed by atoms with Crippen LogP contribution in [0.15, 0.2) is 18.3 Å². The van der Waals surface area contributed by atoms with Gasteiger partial charge in [0.15, 0.2) is 0 Å². The molecule has 0 radical (unpaired) electrons. The molecule has 2 rings (SSSR count). The van der Waals surface area contributed by atoms with Gasteiger partial charge in [0.05, 0.1) is 0 Å². The van der Waals surface area contributed by atoms with Gasteiger partial charge in [-0.05, 0) is 25.0 Å². The number of anilines is 1. The average molecular weight is 219 g/mol. The van der Waals surface area contributed by atoms with E-state index < -0.39 is 0 Å². The first kappa shape index (κ1) is 10.1. The fourth-order valence-electron chi connectivity index (χ4n) is 1.43. The largest absolute Gasteiger partial charge is 0.383 e. The number of aryl methyl sites for hydroxylation is 2. The Morgan fingerprint density at radius 2 is 2.27 bits per heavy atom. The fourth-order valence-corrected chi connectivity index (χ4v) is 2.29. The van der Waals surface area contributed by atoms with Crippen LogP contribution in [0.3, 0.4) is 0 Å². The topological polar surface area (TPSA) is 51.8 Å². The van der Waals surface area contributed by atoms with Crippen molar-refractivity contribution in [3.63, 3.8) is 0 Å². The molecule has 0 atom stereocenters. The van der Waals surface area contributed by atoms with E-state index in [0.29, 0.717) is 5.82 Å². The molecule has 0 aliphatic carbocycles. The third kappa shape index (κ3) is 1.85. The first-order valence-electron chi connectivity index (χ1n) is 4.89. The molecule has 15 heavy (non-hydrogen) atoms. The van der Waals surface area contributed by atoms with Crippen molar-refractivity contribution in [3.8, 4) is 10.7 Å². The molecule has 0 saturated heterocycles. The number of hydrogen-bond donors (Lipinski definition) is 1. The Hall–Kier alpha value is -1.42. The Kier molecular flexibility index (Phi) is 2.68. The van der Waals surface area contributed by atoms with Crippen LogP contribution >= 0.6 is 11.3 Å². The third-order valence-corrected chi connectivity index (χ3v) is 3.30. The van der Waals surface area contributed by atoms with Gasteiger partial charge < -0.3 is 5.73 Å². The molecule has 2 aromatic heterocycles. The Morgan fingerprint density at radius 3 is 2.87 bits per heavy atom. The van der Waals surface area contributed by atoms with Crippen LogP contribution < -0.4 is 5.73 Å². The van der Waals surface area contributed by atoms with Crippen LogP contribution in [0.5, 0.6) is 0 Å². The average Bonchev–Trinajstić information content (AvgIpc) is 2.59. The molecule has 0 fully saturated rings. The Bertz CT molecular complexity index is 457. The Labute approximate surface area is 93.0 Å². The maximum atomic E-state index is 5.74. The predicted octanol–water partition coefficient (Wildman–Crippen LogP) is 2.66. The second-order valence-electron chi connectivity index (χ2n) is 3.33. The number of hydrogen-bond acceptors (Lipinski definition) is 4. The summed E-state index contributed by atoms with van der Waals surface area (Å²) >= 11 is 1.60. The highest BCUT2D eigenvalue weighted by Crippen LogP contribution is 2.29. The summed E-state index contributed by atoms with van der Waals surface area (Å²) in [6.07, 6.45) is 2.75. The number of pyridine rings is 1. The third-order valence-electron chi connectivity index (χ3n) is 2.31. The first-order chi connectivity index (χ1) is 7.22. The number of aromatic nitrogens is 2. The van der Waals surface area contributed by atoms with Crippen molar-refractivity contribution in [1.29, 1.82) is 0 Å². The van der Waals surface area contributed by atoms with Gasteiger partial charge in [0.25, 0.3) is 0 Å². The minimum Gasteiger partial charge on any atom is -0.383 e. The summed E-state index contributed by atoms with van der Waals surface area (Å²) in [6.45, 7) is 4.09. The van der Waals surface area contributed by atoms with E-state index in [0.717, 1.165) is 22.0 Å². The van der Waals surface area contributed by atoms with Gasteiger partial charge in [-0.15, -0.1) is 11.3 Å². The van der Waals surface area contributed by atoms with Gasteiger partial charge in [-0.25, -0.2) is 4.98 Å². The zero-order valence-corrected chi connectivity index (χ0v) is 9.64. The van der Waals surface area contributed by atoms with Crippen molar-refractivity contribution in [2.24, 2.45) is 0 Å². The van der Waals surface area contributed by atoms with Crippen LogP contribution in [0.4, 0.5) is 5.82 Å². The lowest BCUT2D eigenvalue weighted by Crippen LogP contribution is -1.91. The van der Waals surface area contributed by atoms with Crippen molar-refractivity contribution in [1.82, 2.24) is 9.97 Å². The van der Waals surface area contributed by atoms with E-state index in [2.05, 4.69) is 23.0 Å². The van der Waals surface area contributed by atoms with Crippen LogP contribution in [0.2, 0.25) is 0 Å². The molecule has 2 N–H and O–H groups in total. The fraction of sp³-hybridized carbons (Fsp3) is 0.273. The van der Waals surface area contributed by atoms with Crippen LogP contribution in [0.25, 0.3) is 10.7 Å². The number of rotatable bonds is 2. The normalized spacial score (nSPS) is 10.5. The molecule has 3 nitrogen and oxygen atoms in total. The van der Waals surface area contributed by atoms with Crippen molar-refractivity contribution < 1.29 is 0 Å². The van der Waals surface area contributed by atoms with Gasteiger partial charge in [-0.2, -0.15) is 0 Å². The predicted molar refractivity (Wildman–Crippen MR) is 63.9 cm³/mol. The first-order valence-corrected chi connectivity index (χ1v) is 5.71. The molecule has 0 aromatic carbocycles. The number of thiazole rings is 1. The summed E-state index contributed by atoms with van der Waals surface area (Å²) in [4.78, 5) is 9.74. The lowest BCUT2D eigenvalue weighted by molar-refractivity contribution is 1.10. The highest BCUT2D eigenvalue weighted by atomic mass is 32.1. The van der Waals surface area contributed by atoms with E-state index in [1.165, 1.54) is 5.56 Å². The lowest BCUT2D eigenvalue weighted by atomic mass is 10.1. The molecule has 0 amide bonds. The number of nitrogens with zero attached hydrogens (tertiary/aromatic N) is 2. The molecule has 0 unspecified atom stereocenters. The molecule has 0 spiro atoms.